The van der Waals surface area contributed by atoms with Crippen LogP contribution in [-0.4, -0.2) is 103 Å². The number of nitrogens with one attached hydrogen (secondary N) is 2. The number of nitrogens with zero attached hydrogens (tertiary/aromatic N) is 5. The van der Waals surface area contributed by atoms with Gasteiger partial charge in [0.2, 0.25) is 17.7 Å². The fourth-order valence-corrected chi connectivity index (χ4v) is 8.23. The number of carbonyl (C=O) groups is 5. The molecule has 3 aliphatic rings. The normalized spacial score (nSPS) is 17.3. The fourth-order valence-electron chi connectivity index (χ4n) is 7.97. The van der Waals surface area contributed by atoms with E-state index in [1.165, 1.54) is 4.90 Å². The zero-order valence-electron chi connectivity index (χ0n) is 34.6. The van der Waals surface area contributed by atoms with Gasteiger partial charge in [0.05, 0.1) is 33.1 Å². The smallest absolute Gasteiger partial charge is 0.255 e. The Balaban J connectivity index is 0.841. The number of ether oxygens (including phenoxy) is 3. The molecule has 3 aromatic carbocycles. The van der Waals surface area contributed by atoms with Crippen LogP contribution < -0.4 is 25.2 Å². The number of hydrogen-bond donors (Lipinski definition) is 2. The number of Topliss-reactive ketones (excluding diaryl/α,β-unsaturated/α-hetero) is 1. The monoisotopic (exact) mass is 895 g/mol. The highest BCUT2D eigenvalue weighted by Crippen LogP contribution is 2.36. The van der Waals surface area contributed by atoms with E-state index in [0.717, 1.165) is 26.9 Å². The highest BCUT2D eigenvalue weighted by Gasteiger charge is 2.40. The second-order valence-electron chi connectivity index (χ2n) is 15.2. The zero-order chi connectivity index (χ0) is 43.0. The fraction of sp³-hybridized carbons (Fsp3) is 0.400. The summed E-state index contributed by atoms with van der Waals surface area (Å²) in [6.07, 6.45) is 4.09. The van der Waals surface area contributed by atoms with Gasteiger partial charge in [-0.1, -0.05) is 53.2 Å². The average molecular weight is 897 g/mol. The Kier molecular flexibility index (Phi) is 14.1. The molecular weight excluding hydrogens is 846 g/mol. The topological polar surface area (TPSA) is 173 Å². The maximum atomic E-state index is 13.3. The summed E-state index contributed by atoms with van der Waals surface area (Å²) < 4.78 is 18.2. The van der Waals surface area contributed by atoms with Crippen molar-refractivity contribution in [3.05, 3.63) is 105 Å². The van der Waals surface area contributed by atoms with Crippen LogP contribution in [0.1, 0.15) is 82.3 Å². The Morgan fingerprint density at radius 2 is 1.79 bits per heavy atom. The van der Waals surface area contributed by atoms with Gasteiger partial charge in [-0.05, 0) is 55.2 Å². The molecule has 320 valence electrons. The summed E-state index contributed by atoms with van der Waals surface area (Å²) in [5, 5.41) is 5.66. The molecule has 1 aromatic heterocycles. The number of halogens is 1. The number of methoxy groups -OCH3 is 1. The minimum absolute atomic E-state index is 0.00368. The van der Waals surface area contributed by atoms with E-state index in [0.29, 0.717) is 112 Å². The highest BCUT2D eigenvalue weighted by atomic mass is 79.9. The van der Waals surface area contributed by atoms with Gasteiger partial charge < -0.3 is 34.2 Å². The number of anilines is 3. The SMILES string of the molecule is CC[C@@H]1C(=O)N(C)c2cnc(Cc3ccc(C(=O)CCCOCCOCCNc4cccc5c4CN(C4CCC(=O)NC4=O)C5=O)cc3OC)nc2N1Cc1ccc(Br)cc1. The molecule has 15 nitrogen and oxygen atoms in total. The number of hydrogen-bond acceptors (Lipinski definition) is 12. The maximum absolute atomic E-state index is 13.3. The third-order valence-electron chi connectivity index (χ3n) is 11.2. The first-order valence-corrected chi connectivity index (χ1v) is 21.4. The lowest BCUT2D eigenvalue weighted by molar-refractivity contribution is -0.137. The van der Waals surface area contributed by atoms with Crippen molar-refractivity contribution in [1.29, 1.82) is 0 Å². The number of amides is 4. The molecule has 1 fully saturated rings. The second kappa shape index (κ2) is 19.8. The molecule has 4 amide bonds. The largest absolute Gasteiger partial charge is 0.496 e. The summed E-state index contributed by atoms with van der Waals surface area (Å²) in [5.74, 6) is 0.867. The average Bonchev–Trinajstić information content (AvgIpc) is 3.60. The van der Waals surface area contributed by atoms with E-state index in [1.54, 1.807) is 49.5 Å². The summed E-state index contributed by atoms with van der Waals surface area (Å²) in [5.41, 5.74) is 5.28. The van der Waals surface area contributed by atoms with Crippen LogP contribution in [0, 0.1) is 0 Å². The number of carbonyl (C=O) groups excluding carboxylic acids is 5. The van der Waals surface area contributed by atoms with Gasteiger partial charge in [-0.15, -0.1) is 0 Å². The molecule has 4 aromatic rings. The van der Waals surface area contributed by atoms with E-state index in [2.05, 4.69) is 36.4 Å². The van der Waals surface area contributed by atoms with Crippen LogP contribution in [0.2, 0.25) is 0 Å². The van der Waals surface area contributed by atoms with Gasteiger partial charge in [0.25, 0.3) is 5.91 Å². The Hall–Kier alpha value is -5.71. The molecule has 2 atom stereocenters. The van der Waals surface area contributed by atoms with Gasteiger partial charge in [0.1, 0.15) is 29.3 Å². The third-order valence-corrected chi connectivity index (χ3v) is 11.8. The molecule has 2 N–H and O–H groups in total. The standard InChI is InChI=1S/C45H50BrN7O8/c1-4-35-45(58)51(2)37-25-48-40(49-42(37)52(35)26-28-10-14-31(46)15-11-28)24-30-13-12-29(23-39(30)59-3)38(54)9-6-19-60-21-22-61-20-18-47-34-8-5-7-32-33(34)27-53(44(32)57)36-16-17-41(55)50-43(36)56/h5,7-8,10-15,23,25,35-36,47H,4,6,9,16-22,24,26-27H2,1-3H3,(H,50,55,56)/t35-,36?/m1/s1. The van der Waals surface area contributed by atoms with Crippen molar-refractivity contribution < 1.29 is 38.2 Å². The summed E-state index contributed by atoms with van der Waals surface area (Å²) in [4.78, 5) is 78.4. The van der Waals surface area contributed by atoms with Crippen LogP contribution in [0.4, 0.5) is 17.2 Å². The number of aromatic nitrogens is 2. The number of rotatable bonds is 19. The summed E-state index contributed by atoms with van der Waals surface area (Å²) in [6, 6.07) is 17.9. The number of imide groups is 1. The maximum Gasteiger partial charge on any atom is 0.255 e. The summed E-state index contributed by atoms with van der Waals surface area (Å²) in [6.45, 7) is 4.91. The van der Waals surface area contributed by atoms with Crippen LogP contribution in [-0.2, 0) is 43.4 Å². The molecule has 0 saturated carbocycles. The molecule has 0 bridgehead atoms. The molecule has 4 heterocycles. The van der Waals surface area contributed by atoms with Crippen LogP contribution in [0.15, 0.2) is 71.3 Å². The van der Waals surface area contributed by atoms with Gasteiger partial charge in [-0.2, -0.15) is 0 Å². The molecule has 0 radical (unpaired) electrons. The Bertz CT molecular complexity index is 2290. The van der Waals surface area contributed by atoms with Gasteiger partial charge >= 0.3 is 0 Å². The van der Waals surface area contributed by atoms with Crippen molar-refractivity contribution in [1.82, 2.24) is 20.2 Å². The second-order valence-corrected chi connectivity index (χ2v) is 16.1. The lowest BCUT2D eigenvalue weighted by Crippen LogP contribution is -2.52. The molecule has 1 unspecified atom stereocenters. The molecule has 3 aliphatic heterocycles. The molecule has 0 spiro atoms. The van der Waals surface area contributed by atoms with E-state index in [-0.39, 0.29) is 36.0 Å². The first kappa shape index (κ1) is 43.4. The van der Waals surface area contributed by atoms with Crippen molar-refractivity contribution in [2.45, 2.75) is 70.6 Å². The minimum Gasteiger partial charge on any atom is -0.496 e. The molecule has 7 rings (SSSR count). The predicted octanol–water partition coefficient (Wildman–Crippen LogP) is 5.47. The Labute approximate surface area is 363 Å². The third kappa shape index (κ3) is 9.93. The number of likely N-dealkylation sites (N-methyl/N-ethyl adjacent to an activating group) is 1. The van der Waals surface area contributed by atoms with Crippen molar-refractivity contribution in [3.8, 4) is 5.75 Å². The van der Waals surface area contributed by atoms with E-state index in [1.807, 2.05) is 43.3 Å². The van der Waals surface area contributed by atoms with Gasteiger partial charge in [0.15, 0.2) is 11.6 Å². The Morgan fingerprint density at radius 3 is 2.54 bits per heavy atom. The van der Waals surface area contributed by atoms with E-state index in [4.69, 9.17) is 19.2 Å². The predicted molar refractivity (Wildman–Crippen MR) is 232 cm³/mol. The lowest BCUT2D eigenvalue weighted by Gasteiger charge is -2.40. The van der Waals surface area contributed by atoms with E-state index in [9.17, 15) is 24.0 Å². The molecule has 16 heteroatoms. The van der Waals surface area contributed by atoms with Crippen molar-refractivity contribution >= 4 is 62.5 Å². The van der Waals surface area contributed by atoms with Crippen molar-refractivity contribution in [3.63, 3.8) is 0 Å². The summed E-state index contributed by atoms with van der Waals surface area (Å²) >= 11 is 3.50. The number of ketones is 1. The van der Waals surface area contributed by atoms with E-state index >= 15 is 0 Å². The highest BCUT2D eigenvalue weighted by molar-refractivity contribution is 9.10. The molecule has 0 aliphatic carbocycles. The molecule has 61 heavy (non-hydrogen) atoms. The summed E-state index contributed by atoms with van der Waals surface area (Å²) in [7, 11) is 3.34. The molecular formula is C45H50BrN7O8. The van der Waals surface area contributed by atoms with Gasteiger partial charge in [0, 0.05) is 85.0 Å². The van der Waals surface area contributed by atoms with Crippen LogP contribution >= 0.6 is 15.9 Å². The molecule has 1 saturated heterocycles. The minimum atomic E-state index is -0.662. The van der Waals surface area contributed by atoms with E-state index < -0.39 is 11.9 Å². The van der Waals surface area contributed by atoms with Gasteiger partial charge in [-0.25, -0.2) is 9.97 Å². The number of piperidine rings is 1. The first-order valence-electron chi connectivity index (χ1n) is 20.6. The number of fused-ring (bicyclic) bond motifs is 2. The lowest BCUT2D eigenvalue weighted by atomic mass is 10.0. The number of benzene rings is 3. The van der Waals surface area contributed by atoms with Crippen molar-refractivity contribution in [2.75, 3.05) is 62.2 Å². The van der Waals surface area contributed by atoms with Crippen molar-refractivity contribution in [2.24, 2.45) is 0 Å². The van der Waals surface area contributed by atoms with Gasteiger partial charge in [-0.3, -0.25) is 29.3 Å². The van der Waals surface area contributed by atoms with Crippen LogP contribution in [0.3, 0.4) is 0 Å². The zero-order valence-corrected chi connectivity index (χ0v) is 36.2. The van der Waals surface area contributed by atoms with Crippen LogP contribution in [0.5, 0.6) is 5.75 Å². The van der Waals surface area contributed by atoms with Crippen LogP contribution in [0.25, 0.3) is 0 Å². The Morgan fingerprint density at radius 1 is 1.00 bits per heavy atom. The first-order chi connectivity index (χ1) is 29.6. The quantitative estimate of drug-likeness (QED) is 0.0692.